The molecule has 0 saturated carbocycles. The minimum absolute atomic E-state index is 0.0381. The Kier molecular flexibility index (Phi) is 3.40. The van der Waals surface area contributed by atoms with Crippen molar-refractivity contribution in [2.75, 3.05) is 4.72 Å². The number of nitrogens with two attached hydrogens (primary N) is 1. The van der Waals surface area contributed by atoms with Crippen LogP contribution in [0.25, 0.3) is 0 Å². The Labute approximate surface area is 112 Å². The van der Waals surface area contributed by atoms with Crippen LogP contribution >= 0.6 is 0 Å². The lowest BCUT2D eigenvalue weighted by Crippen LogP contribution is -2.18. The molecule has 2 aromatic rings. The zero-order valence-electron chi connectivity index (χ0n) is 9.81. The van der Waals surface area contributed by atoms with Gasteiger partial charge in [0.25, 0.3) is 10.0 Å². The van der Waals surface area contributed by atoms with Gasteiger partial charge in [0.1, 0.15) is 11.7 Å². The average molecular weight is 301 g/mol. The molecule has 0 amide bonds. The van der Waals surface area contributed by atoms with Gasteiger partial charge in [-0.1, -0.05) is 0 Å². The first-order valence-corrected chi connectivity index (χ1v) is 6.65. The molecule has 0 saturated heterocycles. The van der Waals surface area contributed by atoms with Crippen LogP contribution < -0.4 is 10.5 Å². The van der Waals surface area contributed by atoms with Gasteiger partial charge in [-0.05, 0) is 18.2 Å². The van der Waals surface area contributed by atoms with E-state index >= 15 is 0 Å². The first kappa shape index (κ1) is 13.9. The molecule has 0 radical (unpaired) electrons. The number of hydrogen-bond donors (Lipinski definition) is 4. The van der Waals surface area contributed by atoms with Crippen LogP contribution in [-0.4, -0.2) is 24.5 Å². The highest BCUT2D eigenvalue weighted by atomic mass is 32.2. The van der Waals surface area contributed by atoms with Crippen molar-refractivity contribution in [3.8, 4) is 0 Å². The van der Waals surface area contributed by atoms with Gasteiger partial charge in [0.05, 0.1) is 16.7 Å². The molecule has 1 heterocycles. The van der Waals surface area contributed by atoms with Crippen molar-refractivity contribution in [3.63, 3.8) is 0 Å². The quantitative estimate of drug-likeness (QED) is 0.491. The second-order valence-corrected chi connectivity index (χ2v) is 5.44. The number of amidine groups is 1. The zero-order chi connectivity index (χ0) is 14.9. The Morgan fingerprint density at radius 2 is 2.05 bits per heavy atom. The summed E-state index contributed by atoms with van der Waals surface area (Å²) in [4.78, 5) is -0.472. The van der Waals surface area contributed by atoms with Crippen LogP contribution in [0.3, 0.4) is 0 Å². The van der Waals surface area contributed by atoms with Crippen molar-refractivity contribution >= 4 is 21.7 Å². The first-order valence-electron chi connectivity index (χ1n) is 5.17. The predicted octanol–water partition coefficient (Wildman–Crippen LogP) is 0.773. The van der Waals surface area contributed by atoms with Crippen LogP contribution in [0.4, 0.5) is 14.6 Å². The standard InChI is InChI=1S/C10H9F2N5O2S/c11-7-2-1-5(3-8(7)12)20(18,19)17-10-6(9(13)14)4-15-16-10/h1-4H,(H3,13,14)(H2,15,16,17). The summed E-state index contributed by atoms with van der Waals surface area (Å²) in [5.41, 5.74) is 5.28. The van der Waals surface area contributed by atoms with Crippen LogP contribution in [0, 0.1) is 17.0 Å². The number of H-pyrrole nitrogens is 1. The van der Waals surface area contributed by atoms with Gasteiger partial charge in [0.15, 0.2) is 11.6 Å². The summed E-state index contributed by atoms with van der Waals surface area (Å²) in [7, 11) is -4.16. The van der Waals surface area contributed by atoms with E-state index in [4.69, 9.17) is 11.1 Å². The molecule has 0 bridgehead atoms. The van der Waals surface area contributed by atoms with E-state index in [1.807, 2.05) is 0 Å². The summed E-state index contributed by atoms with van der Waals surface area (Å²) >= 11 is 0. The highest BCUT2D eigenvalue weighted by Crippen LogP contribution is 2.19. The minimum atomic E-state index is -4.16. The van der Waals surface area contributed by atoms with Crippen LogP contribution in [0.2, 0.25) is 0 Å². The third-order valence-electron chi connectivity index (χ3n) is 2.37. The Balaban J connectivity index is 2.38. The summed E-state index contributed by atoms with van der Waals surface area (Å²) in [5.74, 6) is -2.98. The summed E-state index contributed by atoms with van der Waals surface area (Å²) < 4.78 is 51.8. The van der Waals surface area contributed by atoms with E-state index < -0.39 is 32.4 Å². The average Bonchev–Trinajstić information content (AvgIpc) is 2.80. The molecule has 0 aliphatic rings. The zero-order valence-corrected chi connectivity index (χ0v) is 10.6. The highest BCUT2D eigenvalue weighted by molar-refractivity contribution is 7.92. The molecule has 0 fully saturated rings. The number of benzene rings is 1. The molecule has 1 aromatic carbocycles. The van der Waals surface area contributed by atoms with Crippen LogP contribution in [0.5, 0.6) is 0 Å². The van der Waals surface area contributed by atoms with Gasteiger partial charge in [0.2, 0.25) is 0 Å². The van der Waals surface area contributed by atoms with Crippen molar-refractivity contribution in [3.05, 3.63) is 41.6 Å². The fourth-order valence-electron chi connectivity index (χ4n) is 1.41. The second-order valence-electron chi connectivity index (χ2n) is 3.75. The van der Waals surface area contributed by atoms with Crippen molar-refractivity contribution in [2.24, 2.45) is 5.73 Å². The van der Waals surface area contributed by atoms with E-state index in [1.54, 1.807) is 0 Å². The van der Waals surface area contributed by atoms with Crippen molar-refractivity contribution in [1.29, 1.82) is 5.41 Å². The Bertz CT molecular complexity index is 772. The van der Waals surface area contributed by atoms with Crippen molar-refractivity contribution in [1.82, 2.24) is 10.2 Å². The lowest BCUT2D eigenvalue weighted by Gasteiger charge is -2.08. The molecule has 0 aliphatic carbocycles. The number of hydrogen-bond acceptors (Lipinski definition) is 4. The molecule has 20 heavy (non-hydrogen) atoms. The molecule has 0 unspecified atom stereocenters. The summed E-state index contributed by atoms with van der Waals surface area (Å²) in [6, 6.07) is 2.15. The number of aromatic nitrogens is 2. The molecule has 0 spiro atoms. The molecular formula is C10H9F2N5O2S. The molecule has 7 nitrogen and oxygen atoms in total. The van der Waals surface area contributed by atoms with Crippen LogP contribution in [-0.2, 0) is 10.0 Å². The Morgan fingerprint density at radius 1 is 1.35 bits per heavy atom. The van der Waals surface area contributed by atoms with Gasteiger partial charge in [-0.2, -0.15) is 5.10 Å². The third-order valence-corrected chi connectivity index (χ3v) is 3.71. The number of nitrogens with one attached hydrogen (secondary N) is 3. The molecular weight excluding hydrogens is 292 g/mol. The fraction of sp³-hybridized carbons (Fsp3) is 0. The Morgan fingerprint density at radius 3 is 2.65 bits per heavy atom. The number of aromatic amines is 1. The van der Waals surface area contributed by atoms with E-state index in [2.05, 4.69) is 14.9 Å². The van der Waals surface area contributed by atoms with E-state index in [-0.39, 0.29) is 11.4 Å². The predicted molar refractivity (Wildman–Crippen MR) is 66.8 cm³/mol. The summed E-state index contributed by atoms with van der Waals surface area (Å²) in [6.07, 6.45) is 1.16. The van der Waals surface area contributed by atoms with E-state index in [0.717, 1.165) is 12.3 Å². The number of nitrogens with zero attached hydrogens (tertiary/aromatic N) is 1. The Hall–Kier alpha value is -2.49. The van der Waals surface area contributed by atoms with Gasteiger partial charge in [0, 0.05) is 0 Å². The SMILES string of the molecule is N=C(N)c1cn[nH]c1NS(=O)(=O)c1ccc(F)c(F)c1. The molecule has 5 N–H and O–H groups in total. The van der Waals surface area contributed by atoms with E-state index in [0.29, 0.717) is 12.1 Å². The van der Waals surface area contributed by atoms with Gasteiger partial charge < -0.3 is 5.73 Å². The fourth-order valence-corrected chi connectivity index (χ4v) is 2.45. The topological polar surface area (TPSA) is 125 Å². The molecule has 106 valence electrons. The first-order chi connectivity index (χ1) is 9.31. The molecule has 10 heteroatoms. The highest BCUT2D eigenvalue weighted by Gasteiger charge is 2.19. The second kappa shape index (κ2) is 4.89. The number of halogens is 2. The monoisotopic (exact) mass is 301 g/mol. The number of sulfonamides is 1. The lowest BCUT2D eigenvalue weighted by molar-refractivity contribution is 0.504. The third kappa shape index (κ3) is 2.59. The summed E-state index contributed by atoms with van der Waals surface area (Å²) in [5, 5.41) is 13.1. The van der Waals surface area contributed by atoms with E-state index in [1.165, 1.54) is 0 Å². The van der Waals surface area contributed by atoms with Gasteiger partial charge in [-0.15, -0.1) is 0 Å². The molecule has 0 atom stereocenters. The molecule has 1 aromatic heterocycles. The maximum absolute atomic E-state index is 13.1. The smallest absolute Gasteiger partial charge is 0.263 e. The maximum atomic E-state index is 13.1. The van der Waals surface area contributed by atoms with Crippen molar-refractivity contribution < 1.29 is 17.2 Å². The number of nitrogen functional groups attached to an aromatic ring is 1. The molecule has 2 rings (SSSR count). The lowest BCUT2D eigenvalue weighted by atomic mass is 10.3. The van der Waals surface area contributed by atoms with Crippen molar-refractivity contribution in [2.45, 2.75) is 4.90 Å². The number of rotatable bonds is 4. The van der Waals surface area contributed by atoms with E-state index in [9.17, 15) is 17.2 Å². The summed E-state index contributed by atoms with van der Waals surface area (Å²) in [6.45, 7) is 0. The van der Waals surface area contributed by atoms with Gasteiger partial charge >= 0.3 is 0 Å². The van der Waals surface area contributed by atoms with Gasteiger partial charge in [-0.25, -0.2) is 17.2 Å². The normalized spacial score (nSPS) is 11.3. The van der Waals surface area contributed by atoms with Crippen LogP contribution in [0.1, 0.15) is 5.56 Å². The minimum Gasteiger partial charge on any atom is -0.384 e. The van der Waals surface area contributed by atoms with Crippen LogP contribution in [0.15, 0.2) is 29.3 Å². The van der Waals surface area contributed by atoms with Gasteiger partial charge in [-0.3, -0.25) is 15.2 Å². The largest absolute Gasteiger partial charge is 0.384 e. The molecule has 0 aliphatic heterocycles. The number of anilines is 1. The maximum Gasteiger partial charge on any atom is 0.263 e.